The van der Waals surface area contributed by atoms with Crippen molar-refractivity contribution in [3.05, 3.63) is 83.7 Å². The Balaban J connectivity index is 1.51. The minimum absolute atomic E-state index is 0.110. The number of carbonyl (C=O) groups is 1. The highest BCUT2D eigenvalue weighted by molar-refractivity contribution is 7.90. The van der Waals surface area contributed by atoms with E-state index < -0.39 is 9.84 Å². The van der Waals surface area contributed by atoms with E-state index in [1.54, 1.807) is 25.1 Å². The summed E-state index contributed by atoms with van der Waals surface area (Å²) < 4.78 is 26.7. The Morgan fingerprint density at radius 1 is 1.00 bits per heavy atom. The molecular weight excluding hydrogens is 462 g/mol. The summed E-state index contributed by atoms with van der Waals surface area (Å²) in [5, 5.41) is 9.02. The number of benzene rings is 3. The first-order chi connectivity index (χ1) is 16.7. The number of hydrogen-bond donors (Lipinski definition) is 1. The van der Waals surface area contributed by atoms with Crippen LogP contribution in [0.3, 0.4) is 0 Å². The van der Waals surface area contributed by atoms with Crippen LogP contribution in [0.5, 0.6) is 0 Å². The number of hydrogen-bond acceptors (Lipinski definition) is 6. The molecule has 0 radical (unpaired) electrons. The average molecular weight is 488 g/mol. The highest BCUT2D eigenvalue weighted by Gasteiger charge is 2.22. The lowest BCUT2D eigenvalue weighted by Gasteiger charge is -2.15. The number of nitrogens with zero attached hydrogens (tertiary/aromatic N) is 4. The Morgan fingerprint density at radius 2 is 1.69 bits per heavy atom. The van der Waals surface area contributed by atoms with Gasteiger partial charge in [0, 0.05) is 31.1 Å². The molecule has 9 heteroatoms. The van der Waals surface area contributed by atoms with Crippen LogP contribution in [0.1, 0.15) is 21.7 Å². The maximum Gasteiger partial charge on any atom is 0.274 e. The molecule has 0 saturated heterocycles. The van der Waals surface area contributed by atoms with Crippen LogP contribution in [0.25, 0.3) is 16.5 Å². The maximum atomic E-state index is 13.3. The first-order valence-corrected chi connectivity index (χ1v) is 13.1. The number of amidine groups is 1. The van der Waals surface area contributed by atoms with Gasteiger partial charge in [-0.25, -0.2) is 13.1 Å². The molecule has 4 aromatic rings. The van der Waals surface area contributed by atoms with E-state index in [2.05, 4.69) is 20.3 Å². The van der Waals surface area contributed by atoms with Gasteiger partial charge >= 0.3 is 0 Å². The molecule has 0 bridgehead atoms. The van der Waals surface area contributed by atoms with Gasteiger partial charge in [0.1, 0.15) is 11.5 Å². The number of aromatic nitrogens is 2. The molecule has 2 heterocycles. The van der Waals surface area contributed by atoms with Crippen molar-refractivity contribution < 1.29 is 13.2 Å². The van der Waals surface area contributed by atoms with Crippen molar-refractivity contribution in [2.45, 2.75) is 11.8 Å². The molecule has 0 unspecified atom stereocenters. The third-order valence-electron chi connectivity index (χ3n) is 5.98. The second kappa shape index (κ2) is 8.66. The molecular formula is C26H25N5O3S. The van der Waals surface area contributed by atoms with Gasteiger partial charge in [0.05, 0.1) is 22.8 Å². The maximum absolute atomic E-state index is 13.3. The van der Waals surface area contributed by atoms with Crippen LogP contribution in [-0.2, 0) is 9.84 Å². The lowest BCUT2D eigenvalue weighted by atomic mass is 10.1. The second-order valence-corrected chi connectivity index (χ2v) is 10.7. The molecule has 1 aromatic heterocycles. The molecule has 0 atom stereocenters. The molecule has 0 saturated carbocycles. The second-order valence-electron chi connectivity index (χ2n) is 8.68. The number of anilines is 1. The van der Waals surface area contributed by atoms with Crippen LogP contribution in [0.2, 0.25) is 0 Å². The predicted octanol–water partition coefficient (Wildman–Crippen LogP) is 3.68. The van der Waals surface area contributed by atoms with Gasteiger partial charge < -0.3 is 10.2 Å². The van der Waals surface area contributed by atoms with Gasteiger partial charge in [0.25, 0.3) is 5.91 Å². The third kappa shape index (κ3) is 4.42. The van der Waals surface area contributed by atoms with Gasteiger partial charge in [-0.1, -0.05) is 24.3 Å². The number of aliphatic imine (C=N–C) groups is 1. The number of likely N-dealkylation sites (N-methyl/N-ethyl adjacent to an activating group) is 1. The fraction of sp³-hybridized carbons (Fsp3) is 0.192. The van der Waals surface area contributed by atoms with E-state index >= 15 is 0 Å². The molecule has 8 nitrogen and oxygen atoms in total. The molecule has 5 rings (SSSR count). The summed E-state index contributed by atoms with van der Waals surface area (Å²) in [6.45, 7) is 3.43. The van der Waals surface area contributed by atoms with Crippen LogP contribution in [0, 0.1) is 6.92 Å². The minimum Gasteiger partial charge on any atom is -0.358 e. The number of carbonyl (C=O) groups excluding carboxylic acids is 1. The third-order valence-corrected chi connectivity index (χ3v) is 7.10. The summed E-state index contributed by atoms with van der Waals surface area (Å²) in [6.07, 6.45) is 1.16. The van der Waals surface area contributed by atoms with Crippen molar-refractivity contribution in [2.75, 3.05) is 31.7 Å². The molecule has 1 N–H and O–H groups in total. The van der Waals surface area contributed by atoms with Crippen LogP contribution < -0.4 is 5.32 Å². The van der Waals surface area contributed by atoms with Crippen molar-refractivity contribution >= 4 is 38.0 Å². The van der Waals surface area contributed by atoms with E-state index in [4.69, 9.17) is 0 Å². The van der Waals surface area contributed by atoms with Gasteiger partial charge in [-0.3, -0.25) is 9.79 Å². The van der Waals surface area contributed by atoms with Crippen molar-refractivity contribution in [3.8, 4) is 5.69 Å². The molecule has 35 heavy (non-hydrogen) atoms. The van der Waals surface area contributed by atoms with Gasteiger partial charge in [-0.15, -0.1) is 0 Å². The fourth-order valence-electron chi connectivity index (χ4n) is 4.26. The van der Waals surface area contributed by atoms with Gasteiger partial charge in [0.2, 0.25) is 0 Å². The fourth-order valence-corrected chi connectivity index (χ4v) is 5.12. The summed E-state index contributed by atoms with van der Waals surface area (Å²) in [6, 6.07) is 20.0. The molecule has 178 valence electrons. The molecule has 0 fully saturated rings. The summed E-state index contributed by atoms with van der Waals surface area (Å²) in [5.74, 6) is 0.544. The number of nitrogens with one attached hydrogen (secondary N) is 1. The molecule has 0 aliphatic carbocycles. The van der Waals surface area contributed by atoms with Crippen molar-refractivity contribution in [2.24, 2.45) is 4.99 Å². The van der Waals surface area contributed by atoms with Crippen LogP contribution >= 0.6 is 0 Å². The number of aryl methyl sites for hydroxylation is 1. The lowest BCUT2D eigenvalue weighted by molar-refractivity contribution is 0.101. The van der Waals surface area contributed by atoms with Crippen LogP contribution in [0.4, 0.5) is 5.69 Å². The topological polar surface area (TPSA) is 96.7 Å². The zero-order valence-electron chi connectivity index (χ0n) is 19.7. The summed E-state index contributed by atoms with van der Waals surface area (Å²) in [4.78, 5) is 20.0. The molecule has 0 spiro atoms. The Hall–Kier alpha value is -3.98. The highest BCUT2D eigenvalue weighted by atomic mass is 32.2. The smallest absolute Gasteiger partial charge is 0.274 e. The Labute approximate surface area is 203 Å². The Morgan fingerprint density at radius 3 is 2.31 bits per heavy atom. The summed E-state index contributed by atoms with van der Waals surface area (Å²) in [5.41, 5.74) is 2.78. The average Bonchev–Trinajstić information content (AvgIpc) is 3.43. The van der Waals surface area contributed by atoms with E-state index in [0.29, 0.717) is 17.1 Å². The summed E-state index contributed by atoms with van der Waals surface area (Å²) >= 11 is 0. The quantitative estimate of drug-likeness (QED) is 0.463. The van der Waals surface area contributed by atoms with Gasteiger partial charge in [-0.2, -0.15) is 5.10 Å². The zero-order valence-corrected chi connectivity index (χ0v) is 20.5. The van der Waals surface area contributed by atoms with Gasteiger partial charge in [0.15, 0.2) is 9.84 Å². The first-order valence-electron chi connectivity index (χ1n) is 11.2. The van der Waals surface area contributed by atoms with E-state index in [1.807, 2.05) is 55.6 Å². The molecule has 3 aromatic carbocycles. The Bertz CT molecular complexity index is 1590. The molecule has 1 aliphatic rings. The molecule has 1 aliphatic heterocycles. The monoisotopic (exact) mass is 487 g/mol. The van der Waals surface area contributed by atoms with Crippen LogP contribution in [-0.4, -0.2) is 61.2 Å². The van der Waals surface area contributed by atoms with Crippen molar-refractivity contribution in [3.63, 3.8) is 0 Å². The SMILES string of the molecule is Cc1cc(C(=O)Nc2ccc(C3=NCCN3C)cc2)n(-c2cc3ccccc3cc2S(C)(=O)=O)n1. The van der Waals surface area contributed by atoms with E-state index in [-0.39, 0.29) is 16.5 Å². The predicted molar refractivity (Wildman–Crippen MR) is 137 cm³/mol. The number of fused-ring (bicyclic) bond motifs is 1. The minimum atomic E-state index is -3.59. The van der Waals surface area contributed by atoms with Crippen molar-refractivity contribution in [1.29, 1.82) is 0 Å². The number of rotatable bonds is 5. The van der Waals surface area contributed by atoms with Crippen LogP contribution in [0.15, 0.2) is 76.6 Å². The number of sulfone groups is 1. The van der Waals surface area contributed by atoms with E-state index in [9.17, 15) is 13.2 Å². The normalized spacial score (nSPS) is 13.8. The largest absolute Gasteiger partial charge is 0.358 e. The number of amides is 1. The van der Waals surface area contributed by atoms with Crippen molar-refractivity contribution in [1.82, 2.24) is 14.7 Å². The zero-order chi connectivity index (χ0) is 24.7. The highest BCUT2D eigenvalue weighted by Crippen LogP contribution is 2.28. The first kappa shape index (κ1) is 22.8. The van der Waals surface area contributed by atoms with E-state index in [0.717, 1.165) is 41.5 Å². The van der Waals surface area contributed by atoms with E-state index in [1.165, 1.54) is 4.68 Å². The standard InChI is InChI=1S/C26H25N5O3S/c1-17-14-23(26(32)28-21-10-8-18(9-11-21)25-27-12-13-30(25)2)31(29-17)22-15-19-6-4-5-7-20(19)16-24(22)35(3,33)34/h4-11,14-16H,12-13H2,1-3H3,(H,28,32). The summed E-state index contributed by atoms with van der Waals surface area (Å²) in [7, 11) is -1.59. The molecule has 1 amide bonds. The van der Waals surface area contributed by atoms with Gasteiger partial charge in [-0.05, 0) is 60.2 Å². The Kier molecular flexibility index (Phi) is 5.64. The lowest BCUT2D eigenvalue weighted by Crippen LogP contribution is -2.23.